The molecule has 20 heavy (non-hydrogen) atoms. The summed E-state index contributed by atoms with van der Waals surface area (Å²) in [6.45, 7) is 5.93. The van der Waals surface area contributed by atoms with Crippen LogP contribution < -0.4 is 10.6 Å². The Labute approximate surface area is 122 Å². The lowest BCUT2D eigenvalue weighted by Gasteiger charge is -2.14. The van der Waals surface area contributed by atoms with Crippen LogP contribution in [-0.2, 0) is 9.53 Å². The van der Waals surface area contributed by atoms with Crippen molar-refractivity contribution < 1.29 is 9.53 Å². The standard InChI is InChI=1S/C15H29N3O2/c1-12(2)11-18-15(16-3)17-10-6-9-14(19)20-13-7-4-5-8-13/h12-13H,4-11H2,1-3H3,(H2,16,17,18). The summed E-state index contributed by atoms with van der Waals surface area (Å²) in [5.74, 6) is 1.31. The van der Waals surface area contributed by atoms with Gasteiger partial charge in [-0.3, -0.25) is 9.79 Å². The summed E-state index contributed by atoms with van der Waals surface area (Å²) < 4.78 is 5.41. The number of nitrogens with one attached hydrogen (secondary N) is 2. The molecule has 0 aromatic carbocycles. The van der Waals surface area contributed by atoms with Gasteiger partial charge in [0, 0.05) is 26.6 Å². The topological polar surface area (TPSA) is 62.7 Å². The highest BCUT2D eigenvalue weighted by Crippen LogP contribution is 2.21. The number of rotatable bonds is 7. The number of esters is 1. The van der Waals surface area contributed by atoms with Gasteiger partial charge in [0.1, 0.15) is 6.10 Å². The zero-order chi connectivity index (χ0) is 14.8. The lowest BCUT2D eigenvalue weighted by molar-refractivity contribution is -0.148. The number of guanidine groups is 1. The van der Waals surface area contributed by atoms with Crippen molar-refractivity contribution in [3.8, 4) is 0 Å². The molecular weight excluding hydrogens is 254 g/mol. The van der Waals surface area contributed by atoms with Crippen molar-refractivity contribution in [3.63, 3.8) is 0 Å². The van der Waals surface area contributed by atoms with E-state index >= 15 is 0 Å². The molecule has 0 aliphatic heterocycles. The molecule has 0 aromatic rings. The normalized spacial score (nSPS) is 16.5. The maximum absolute atomic E-state index is 11.6. The second kappa shape index (κ2) is 9.61. The fourth-order valence-corrected chi connectivity index (χ4v) is 2.21. The molecule has 5 heteroatoms. The minimum Gasteiger partial charge on any atom is -0.462 e. The molecule has 116 valence electrons. The molecule has 1 rings (SSSR count). The second-order valence-electron chi connectivity index (χ2n) is 5.77. The van der Waals surface area contributed by atoms with Crippen molar-refractivity contribution in [2.75, 3.05) is 20.1 Å². The van der Waals surface area contributed by atoms with Crippen LogP contribution in [0.3, 0.4) is 0 Å². The van der Waals surface area contributed by atoms with Gasteiger partial charge in [0.2, 0.25) is 0 Å². The van der Waals surface area contributed by atoms with Crippen molar-refractivity contribution in [1.82, 2.24) is 10.6 Å². The van der Waals surface area contributed by atoms with Crippen molar-refractivity contribution >= 4 is 11.9 Å². The van der Waals surface area contributed by atoms with E-state index in [0.717, 1.165) is 38.3 Å². The van der Waals surface area contributed by atoms with E-state index in [1.54, 1.807) is 7.05 Å². The van der Waals surface area contributed by atoms with Crippen molar-refractivity contribution in [3.05, 3.63) is 0 Å². The van der Waals surface area contributed by atoms with Crippen molar-refractivity contribution in [1.29, 1.82) is 0 Å². The highest BCUT2D eigenvalue weighted by Gasteiger charge is 2.18. The first-order chi connectivity index (χ1) is 9.61. The molecule has 0 aromatic heterocycles. The average Bonchev–Trinajstić information content (AvgIpc) is 2.90. The highest BCUT2D eigenvalue weighted by atomic mass is 16.5. The van der Waals surface area contributed by atoms with Gasteiger partial charge in [-0.15, -0.1) is 0 Å². The Bertz CT molecular complexity index is 310. The Hall–Kier alpha value is -1.26. The zero-order valence-corrected chi connectivity index (χ0v) is 13.1. The highest BCUT2D eigenvalue weighted by molar-refractivity contribution is 5.79. The van der Waals surface area contributed by atoms with Crippen LogP contribution in [0.25, 0.3) is 0 Å². The van der Waals surface area contributed by atoms with E-state index < -0.39 is 0 Å². The Balaban J connectivity index is 2.06. The zero-order valence-electron chi connectivity index (χ0n) is 13.1. The van der Waals surface area contributed by atoms with Crippen LogP contribution in [0.1, 0.15) is 52.4 Å². The molecule has 0 saturated heterocycles. The summed E-state index contributed by atoms with van der Waals surface area (Å²) in [7, 11) is 1.75. The molecule has 0 bridgehead atoms. The van der Waals surface area contributed by atoms with Crippen molar-refractivity contribution in [2.24, 2.45) is 10.9 Å². The minimum atomic E-state index is -0.0659. The second-order valence-corrected chi connectivity index (χ2v) is 5.77. The molecule has 0 radical (unpaired) electrons. The van der Waals surface area contributed by atoms with Crippen LogP contribution in [0.5, 0.6) is 0 Å². The number of carbonyl (C=O) groups is 1. The molecule has 0 spiro atoms. The van der Waals surface area contributed by atoms with Gasteiger partial charge in [-0.1, -0.05) is 13.8 Å². The molecule has 0 amide bonds. The van der Waals surface area contributed by atoms with E-state index in [4.69, 9.17) is 4.74 Å². The number of carbonyl (C=O) groups excluding carboxylic acids is 1. The number of aliphatic imine (C=N–C) groups is 1. The predicted octanol–water partition coefficient (Wildman–Crippen LogP) is 2.07. The van der Waals surface area contributed by atoms with Gasteiger partial charge in [-0.25, -0.2) is 0 Å². The summed E-state index contributed by atoms with van der Waals surface area (Å²) in [5.41, 5.74) is 0. The van der Waals surface area contributed by atoms with Gasteiger partial charge in [-0.05, 0) is 38.0 Å². The lowest BCUT2D eigenvalue weighted by atomic mass is 10.2. The maximum atomic E-state index is 11.6. The van der Waals surface area contributed by atoms with E-state index in [1.807, 2.05) is 0 Å². The average molecular weight is 283 g/mol. The fraction of sp³-hybridized carbons (Fsp3) is 0.867. The van der Waals surface area contributed by atoms with Gasteiger partial charge in [0.05, 0.1) is 0 Å². The summed E-state index contributed by atoms with van der Waals surface area (Å²) in [6.07, 6.45) is 5.88. The van der Waals surface area contributed by atoms with E-state index in [2.05, 4.69) is 29.5 Å². The first kappa shape index (κ1) is 16.8. The number of ether oxygens (including phenoxy) is 1. The molecule has 1 aliphatic carbocycles. The summed E-state index contributed by atoms with van der Waals surface area (Å²) in [5, 5.41) is 6.44. The monoisotopic (exact) mass is 283 g/mol. The predicted molar refractivity (Wildman–Crippen MR) is 81.8 cm³/mol. The van der Waals surface area contributed by atoms with Crippen LogP contribution in [-0.4, -0.2) is 38.2 Å². The summed E-state index contributed by atoms with van der Waals surface area (Å²) in [4.78, 5) is 15.8. The number of nitrogens with zero attached hydrogens (tertiary/aromatic N) is 1. The number of hydrogen-bond acceptors (Lipinski definition) is 3. The van der Waals surface area contributed by atoms with Crippen molar-refractivity contribution in [2.45, 2.75) is 58.5 Å². The van der Waals surface area contributed by atoms with E-state index in [-0.39, 0.29) is 12.1 Å². The SMILES string of the molecule is CN=C(NCCCC(=O)OC1CCCC1)NCC(C)C. The van der Waals surface area contributed by atoms with Crippen LogP contribution in [0, 0.1) is 5.92 Å². The Morgan fingerprint density at radius 3 is 2.60 bits per heavy atom. The Morgan fingerprint density at radius 2 is 2.00 bits per heavy atom. The Kier molecular flexibility index (Phi) is 8.07. The third kappa shape index (κ3) is 7.36. The van der Waals surface area contributed by atoms with E-state index in [9.17, 15) is 4.79 Å². The number of hydrogen-bond donors (Lipinski definition) is 2. The first-order valence-electron chi connectivity index (χ1n) is 7.75. The third-order valence-electron chi connectivity index (χ3n) is 3.35. The summed E-state index contributed by atoms with van der Waals surface area (Å²) >= 11 is 0. The first-order valence-corrected chi connectivity index (χ1v) is 7.75. The van der Waals surface area contributed by atoms with Gasteiger partial charge in [0.25, 0.3) is 0 Å². The molecule has 0 unspecified atom stereocenters. The molecule has 1 saturated carbocycles. The fourth-order valence-electron chi connectivity index (χ4n) is 2.21. The van der Waals surface area contributed by atoms with Gasteiger partial charge < -0.3 is 15.4 Å². The Morgan fingerprint density at radius 1 is 1.30 bits per heavy atom. The molecule has 5 nitrogen and oxygen atoms in total. The lowest BCUT2D eigenvalue weighted by Crippen LogP contribution is -2.39. The van der Waals surface area contributed by atoms with Crippen LogP contribution in [0.15, 0.2) is 4.99 Å². The van der Waals surface area contributed by atoms with Gasteiger partial charge >= 0.3 is 5.97 Å². The largest absolute Gasteiger partial charge is 0.462 e. The van der Waals surface area contributed by atoms with Gasteiger partial charge in [0.15, 0.2) is 5.96 Å². The molecule has 1 fully saturated rings. The van der Waals surface area contributed by atoms with Crippen LogP contribution >= 0.6 is 0 Å². The molecule has 2 N–H and O–H groups in total. The minimum absolute atomic E-state index is 0.0659. The van der Waals surface area contributed by atoms with Crippen LogP contribution in [0.2, 0.25) is 0 Å². The molecule has 0 heterocycles. The van der Waals surface area contributed by atoms with Gasteiger partial charge in [-0.2, -0.15) is 0 Å². The third-order valence-corrected chi connectivity index (χ3v) is 3.35. The molecular formula is C15H29N3O2. The summed E-state index contributed by atoms with van der Waals surface area (Å²) in [6, 6.07) is 0. The smallest absolute Gasteiger partial charge is 0.306 e. The quantitative estimate of drug-likeness (QED) is 0.325. The molecule has 0 atom stereocenters. The van der Waals surface area contributed by atoms with Crippen LogP contribution in [0.4, 0.5) is 0 Å². The molecule has 1 aliphatic rings. The van der Waals surface area contributed by atoms with E-state index in [0.29, 0.717) is 12.3 Å². The maximum Gasteiger partial charge on any atom is 0.306 e. The van der Waals surface area contributed by atoms with E-state index in [1.165, 1.54) is 12.8 Å².